The van der Waals surface area contributed by atoms with E-state index in [0.717, 1.165) is 52.3 Å². The van der Waals surface area contributed by atoms with Crippen LogP contribution in [0, 0.1) is 0 Å². The fourth-order valence-corrected chi connectivity index (χ4v) is 3.12. The Morgan fingerprint density at radius 2 is 1.92 bits per heavy atom. The second-order valence-electron chi connectivity index (χ2n) is 5.79. The smallest absolute Gasteiger partial charge is 0.132 e. The highest BCUT2D eigenvalue weighted by Gasteiger charge is 2.17. The molecule has 1 aliphatic heterocycles. The minimum atomic E-state index is 0.655. The minimum Gasteiger partial charge on any atom is -0.494 e. The van der Waals surface area contributed by atoms with Gasteiger partial charge in [-0.15, -0.1) is 0 Å². The standard InChI is InChI=1S/C19H20N4O/c1-2-24-14-6-3-12(4-7-14)13-5-8-16-15(11-13)17(18(20)23-16)19-21-9-10-22-19/h3-8,11,23H,2,9-10,20H2,1H3,(H,21,22). The molecule has 1 aromatic heterocycles. The van der Waals surface area contributed by atoms with E-state index in [9.17, 15) is 0 Å². The Balaban J connectivity index is 1.78. The Morgan fingerprint density at radius 1 is 1.12 bits per heavy atom. The van der Waals surface area contributed by atoms with Crippen molar-refractivity contribution in [3.63, 3.8) is 0 Å². The van der Waals surface area contributed by atoms with E-state index in [0.29, 0.717) is 12.4 Å². The van der Waals surface area contributed by atoms with Gasteiger partial charge < -0.3 is 20.8 Å². The van der Waals surface area contributed by atoms with Crippen LogP contribution in [0.4, 0.5) is 5.82 Å². The summed E-state index contributed by atoms with van der Waals surface area (Å²) < 4.78 is 5.51. The van der Waals surface area contributed by atoms with Crippen LogP contribution >= 0.6 is 0 Å². The number of nitrogen functional groups attached to an aromatic ring is 1. The number of aliphatic imine (C=N–C) groups is 1. The van der Waals surface area contributed by atoms with Crippen LogP contribution in [0.3, 0.4) is 0 Å². The predicted molar refractivity (Wildman–Crippen MR) is 98.7 cm³/mol. The number of amidine groups is 1. The number of rotatable bonds is 4. The quantitative estimate of drug-likeness (QED) is 0.691. The predicted octanol–water partition coefficient (Wildman–Crippen LogP) is 3.17. The Bertz CT molecular complexity index is 909. The van der Waals surface area contributed by atoms with Crippen LogP contribution in [0.25, 0.3) is 22.0 Å². The number of nitrogens with two attached hydrogens (primary N) is 1. The molecule has 0 radical (unpaired) electrons. The van der Waals surface area contributed by atoms with Crippen LogP contribution in [-0.2, 0) is 0 Å². The van der Waals surface area contributed by atoms with Gasteiger partial charge in [-0.05, 0) is 42.3 Å². The van der Waals surface area contributed by atoms with Crippen LogP contribution in [0.2, 0.25) is 0 Å². The maximum absolute atomic E-state index is 6.18. The van der Waals surface area contributed by atoms with Crippen molar-refractivity contribution in [2.75, 3.05) is 25.4 Å². The monoisotopic (exact) mass is 320 g/mol. The van der Waals surface area contributed by atoms with E-state index in [1.54, 1.807) is 0 Å². The lowest BCUT2D eigenvalue weighted by molar-refractivity contribution is 0.340. The first-order chi connectivity index (χ1) is 11.8. The molecule has 24 heavy (non-hydrogen) atoms. The van der Waals surface area contributed by atoms with Crippen LogP contribution in [0.15, 0.2) is 47.5 Å². The van der Waals surface area contributed by atoms with Crippen LogP contribution < -0.4 is 15.8 Å². The van der Waals surface area contributed by atoms with Gasteiger partial charge in [0, 0.05) is 17.4 Å². The third-order valence-corrected chi connectivity index (χ3v) is 4.24. The van der Waals surface area contributed by atoms with Crippen molar-refractivity contribution in [2.45, 2.75) is 6.92 Å². The van der Waals surface area contributed by atoms with Gasteiger partial charge in [-0.1, -0.05) is 18.2 Å². The molecule has 0 fully saturated rings. The van der Waals surface area contributed by atoms with Crippen molar-refractivity contribution in [2.24, 2.45) is 4.99 Å². The molecule has 5 heteroatoms. The van der Waals surface area contributed by atoms with Crippen molar-refractivity contribution in [3.05, 3.63) is 48.0 Å². The summed E-state index contributed by atoms with van der Waals surface area (Å²) >= 11 is 0. The fourth-order valence-electron chi connectivity index (χ4n) is 3.12. The molecule has 0 aliphatic carbocycles. The summed E-state index contributed by atoms with van der Waals surface area (Å²) in [6, 6.07) is 14.5. The van der Waals surface area contributed by atoms with E-state index in [4.69, 9.17) is 10.5 Å². The second kappa shape index (κ2) is 5.92. The van der Waals surface area contributed by atoms with Gasteiger partial charge in [-0.25, -0.2) is 0 Å². The Hall–Kier alpha value is -2.95. The van der Waals surface area contributed by atoms with Gasteiger partial charge in [-0.3, -0.25) is 4.99 Å². The van der Waals surface area contributed by atoms with Crippen LogP contribution in [0.1, 0.15) is 12.5 Å². The first-order valence-electron chi connectivity index (χ1n) is 8.19. The summed E-state index contributed by atoms with van der Waals surface area (Å²) in [5.41, 5.74) is 10.5. The lowest BCUT2D eigenvalue weighted by atomic mass is 10.0. The zero-order chi connectivity index (χ0) is 16.5. The van der Waals surface area contributed by atoms with Gasteiger partial charge in [0.05, 0.1) is 18.7 Å². The van der Waals surface area contributed by atoms with E-state index < -0.39 is 0 Å². The van der Waals surface area contributed by atoms with Crippen LogP contribution in [-0.4, -0.2) is 30.5 Å². The normalized spacial score (nSPS) is 13.8. The molecular formula is C19H20N4O. The molecule has 2 heterocycles. The van der Waals surface area contributed by atoms with Crippen molar-refractivity contribution >= 4 is 22.6 Å². The van der Waals surface area contributed by atoms with Crippen molar-refractivity contribution in [3.8, 4) is 16.9 Å². The van der Waals surface area contributed by atoms with Crippen molar-refractivity contribution in [1.82, 2.24) is 10.3 Å². The zero-order valence-electron chi connectivity index (χ0n) is 13.6. The maximum atomic E-state index is 6.18. The molecule has 0 saturated heterocycles. The number of hydrogen-bond acceptors (Lipinski definition) is 4. The van der Waals surface area contributed by atoms with E-state index >= 15 is 0 Å². The summed E-state index contributed by atoms with van der Waals surface area (Å²) in [5.74, 6) is 2.42. The molecule has 0 amide bonds. The molecule has 4 rings (SSSR count). The molecule has 0 unspecified atom stereocenters. The molecule has 0 bridgehead atoms. The van der Waals surface area contributed by atoms with E-state index in [-0.39, 0.29) is 0 Å². The average Bonchev–Trinajstić information content (AvgIpc) is 3.21. The number of H-pyrrole nitrogens is 1. The number of fused-ring (bicyclic) bond motifs is 1. The molecule has 1 aliphatic rings. The molecule has 0 saturated carbocycles. The second-order valence-corrected chi connectivity index (χ2v) is 5.79. The third kappa shape index (κ3) is 2.48. The van der Waals surface area contributed by atoms with Gasteiger partial charge >= 0.3 is 0 Å². The average molecular weight is 320 g/mol. The van der Waals surface area contributed by atoms with Gasteiger partial charge in [-0.2, -0.15) is 0 Å². The Morgan fingerprint density at radius 3 is 2.62 bits per heavy atom. The van der Waals surface area contributed by atoms with Crippen molar-refractivity contribution < 1.29 is 4.74 Å². The summed E-state index contributed by atoms with van der Waals surface area (Å²) in [4.78, 5) is 7.76. The number of aromatic amines is 1. The van der Waals surface area contributed by atoms with Gasteiger partial charge in [0.25, 0.3) is 0 Å². The lowest BCUT2D eigenvalue weighted by Gasteiger charge is -2.07. The minimum absolute atomic E-state index is 0.655. The number of nitrogens with zero attached hydrogens (tertiary/aromatic N) is 1. The SMILES string of the molecule is CCOc1ccc(-c2ccc3[nH]c(N)c(C4=NCCN4)c3c2)cc1. The summed E-state index contributed by atoms with van der Waals surface area (Å²) in [6.45, 7) is 4.31. The molecule has 2 aromatic carbocycles. The van der Waals surface area contributed by atoms with E-state index in [2.05, 4.69) is 45.6 Å². The Kier molecular flexibility index (Phi) is 3.61. The zero-order valence-corrected chi connectivity index (χ0v) is 13.6. The number of nitrogens with one attached hydrogen (secondary N) is 2. The maximum Gasteiger partial charge on any atom is 0.132 e. The Labute approximate surface area is 140 Å². The fraction of sp³-hybridized carbons (Fsp3) is 0.211. The van der Waals surface area contributed by atoms with Crippen LogP contribution in [0.5, 0.6) is 5.75 Å². The van der Waals surface area contributed by atoms with E-state index in [1.807, 2.05) is 19.1 Å². The third-order valence-electron chi connectivity index (χ3n) is 4.24. The number of benzene rings is 2. The van der Waals surface area contributed by atoms with Gasteiger partial charge in [0.1, 0.15) is 17.4 Å². The summed E-state index contributed by atoms with van der Waals surface area (Å²) in [7, 11) is 0. The molecule has 3 aromatic rings. The molecule has 122 valence electrons. The van der Waals surface area contributed by atoms with Gasteiger partial charge in [0.2, 0.25) is 0 Å². The summed E-state index contributed by atoms with van der Waals surface area (Å²) in [6.07, 6.45) is 0. The number of aromatic nitrogens is 1. The molecular weight excluding hydrogens is 300 g/mol. The first-order valence-corrected chi connectivity index (χ1v) is 8.19. The number of ether oxygens (including phenoxy) is 1. The molecule has 4 N–H and O–H groups in total. The van der Waals surface area contributed by atoms with E-state index in [1.165, 1.54) is 0 Å². The number of anilines is 1. The highest BCUT2D eigenvalue weighted by molar-refractivity contribution is 6.14. The molecule has 0 spiro atoms. The van der Waals surface area contributed by atoms with Crippen molar-refractivity contribution in [1.29, 1.82) is 0 Å². The highest BCUT2D eigenvalue weighted by atomic mass is 16.5. The lowest BCUT2D eigenvalue weighted by Crippen LogP contribution is -2.20. The topological polar surface area (TPSA) is 75.4 Å². The van der Waals surface area contributed by atoms with Gasteiger partial charge in [0.15, 0.2) is 0 Å². The summed E-state index contributed by atoms with van der Waals surface area (Å²) in [5, 5.41) is 4.40. The number of hydrogen-bond donors (Lipinski definition) is 3. The molecule has 0 atom stereocenters. The largest absolute Gasteiger partial charge is 0.494 e. The highest BCUT2D eigenvalue weighted by Crippen LogP contribution is 2.30. The first kappa shape index (κ1) is 14.6. The molecule has 5 nitrogen and oxygen atoms in total.